The summed E-state index contributed by atoms with van der Waals surface area (Å²) in [5, 5.41) is 0. The standard InChI is InChI=1S/C16H13FN2O5/c17-10-7-19-13-6-11(24-16(19)18-14(10)20)12(23-13)8-22-15(21)9-4-2-1-3-5-9/h1-5,7,11-13H,6,8H2/t11-,12-,13-/m1/s1. The van der Waals surface area contributed by atoms with E-state index in [1.54, 1.807) is 30.3 Å². The van der Waals surface area contributed by atoms with Gasteiger partial charge in [-0.05, 0) is 12.1 Å². The van der Waals surface area contributed by atoms with E-state index in [1.165, 1.54) is 4.57 Å². The second kappa shape index (κ2) is 5.72. The summed E-state index contributed by atoms with van der Waals surface area (Å²) in [6, 6.07) is 8.61. The molecule has 1 fully saturated rings. The first-order valence-corrected chi connectivity index (χ1v) is 7.45. The smallest absolute Gasteiger partial charge is 0.338 e. The molecule has 2 aliphatic heterocycles. The van der Waals surface area contributed by atoms with Gasteiger partial charge in [0, 0.05) is 6.42 Å². The minimum absolute atomic E-state index is 0.00381. The Morgan fingerprint density at radius 3 is 2.96 bits per heavy atom. The van der Waals surface area contributed by atoms with E-state index >= 15 is 0 Å². The second-order valence-electron chi connectivity index (χ2n) is 5.57. The number of halogens is 1. The molecule has 0 saturated carbocycles. The van der Waals surface area contributed by atoms with Crippen molar-refractivity contribution in [1.82, 2.24) is 9.55 Å². The van der Waals surface area contributed by atoms with Crippen molar-refractivity contribution in [2.24, 2.45) is 0 Å². The van der Waals surface area contributed by atoms with Crippen molar-refractivity contribution in [1.29, 1.82) is 0 Å². The molecule has 1 aromatic carbocycles. The van der Waals surface area contributed by atoms with Crippen LogP contribution in [0, 0.1) is 5.82 Å². The molecule has 1 aromatic heterocycles. The van der Waals surface area contributed by atoms with Crippen molar-refractivity contribution in [3.8, 4) is 6.01 Å². The molecule has 2 aliphatic rings. The number of carbonyl (C=O) groups is 1. The van der Waals surface area contributed by atoms with Gasteiger partial charge in [0.15, 0.2) is 0 Å². The summed E-state index contributed by atoms with van der Waals surface area (Å²) in [5.41, 5.74) is -0.536. The first-order chi connectivity index (χ1) is 11.6. The van der Waals surface area contributed by atoms with Crippen molar-refractivity contribution >= 4 is 5.97 Å². The van der Waals surface area contributed by atoms with Crippen LogP contribution in [0.1, 0.15) is 23.0 Å². The minimum atomic E-state index is -0.977. The summed E-state index contributed by atoms with van der Waals surface area (Å²) in [5.74, 6) is -1.43. The van der Waals surface area contributed by atoms with Gasteiger partial charge in [-0.1, -0.05) is 18.2 Å². The summed E-state index contributed by atoms with van der Waals surface area (Å²) >= 11 is 0. The van der Waals surface area contributed by atoms with Crippen LogP contribution in [-0.4, -0.2) is 34.3 Å². The van der Waals surface area contributed by atoms with E-state index in [0.29, 0.717) is 12.0 Å². The minimum Gasteiger partial charge on any atom is -0.459 e. The molecule has 0 unspecified atom stereocenters. The summed E-state index contributed by atoms with van der Waals surface area (Å²) in [6.45, 7) is -0.00381. The first-order valence-electron chi connectivity index (χ1n) is 7.45. The number of nitrogens with zero attached hydrogens (tertiary/aromatic N) is 2. The first kappa shape index (κ1) is 14.8. The summed E-state index contributed by atoms with van der Waals surface area (Å²) in [6.07, 6.45) is 0.0642. The molecule has 7 nitrogen and oxygen atoms in total. The number of hydrogen-bond acceptors (Lipinski definition) is 6. The Morgan fingerprint density at radius 1 is 1.38 bits per heavy atom. The zero-order chi connectivity index (χ0) is 16.7. The molecule has 0 radical (unpaired) electrons. The fraction of sp³-hybridized carbons (Fsp3) is 0.312. The number of rotatable bonds is 3. The lowest BCUT2D eigenvalue weighted by Crippen LogP contribution is -2.34. The van der Waals surface area contributed by atoms with Crippen LogP contribution in [0.3, 0.4) is 0 Å². The molecule has 2 aromatic rings. The molecule has 2 bridgehead atoms. The highest BCUT2D eigenvalue weighted by Crippen LogP contribution is 2.37. The van der Waals surface area contributed by atoms with Crippen LogP contribution in [0.15, 0.2) is 41.3 Å². The lowest BCUT2D eigenvalue weighted by atomic mass is 10.1. The Bertz CT molecular complexity index is 838. The van der Waals surface area contributed by atoms with E-state index in [0.717, 1.165) is 6.20 Å². The number of hydrogen-bond donors (Lipinski definition) is 0. The zero-order valence-corrected chi connectivity index (χ0v) is 12.4. The molecule has 1 saturated heterocycles. The number of fused-ring (bicyclic) bond motifs is 4. The van der Waals surface area contributed by atoms with Crippen LogP contribution in [0.2, 0.25) is 0 Å². The summed E-state index contributed by atoms with van der Waals surface area (Å²) in [4.78, 5) is 26.8. The molecular weight excluding hydrogens is 319 g/mol. The Morgan fingerprint density at radius 2 is 2.17 bits per heavy atom. The average molecular weight is 332 g/mol. The highest BCUT2D eigenvalue weighted by molar-refractivity contribution is 5.89. The Labute approximate surface area is 135 Å². The Balaban J connectivity index is 1.45. The third-order valence-corrected chi connectivity index (χ3v) is 4.01. The zero-order valence-electron chi connectivity index (χ0n) is 12.4. The van der Waals surface area contributed by atoms with Crippen LogP contribution < -0.4 is 10.3 Å². The van der Waals surface area contributed by atoms with Gasteiger partial charge in [0.2, 0.25) is 5.82 Å². The lowest BCUT2D eigenvalue weighted by Gasteiger charge is -2.23. The van der Waals surface area contributed by atoms with Gasteiger partial charge in [0.25, 0.3) is 0 Å². The molecule has 24 heavy (non-hydrogen) atoms. The molecule has 3 heterocycles. The number of benzene rings is 1. The SMILES string of the molecule is O=C(OC[C@H]1O[C@@H]2C[C@H]1Oc1nc(=O)c(F)cn12)c1ccccc1. The third kappa shape index (κ3) is 2.54. The van der Waals surface area contributed by atoms with Crippen LogP contribution in [0.5, 0.6) is 6.01 Å². The van der Waals surface area contributed by atoms with Gasteiger partial charge in [-0.25, -0.2) is 4.79 Å². The topological polar surface area (TPSA) is 79.7 Å². The maximum atomic E-state index is 13.4. The maximum absolute atomic E-state index is 13.4. The molecule has 3 atom stereocenters. The van der Waals surface area contributed by atoms with Gasteiger partial charge in [-0.15, -0.1) is 0 Å². The molecule has 4 rings (SSSR count). The highest BCUT2D eigenvalue weighted by atomic mass is 19.1. The number of carbonyl (C=O) groups excluding carboxylic acids is 1. The maximum Gasteiger partial charge on any atom is 0.338 e. The van der Waals surface area contributed by atoms with Crippen LogP contribution in [0.4, 0.5) is 4.39 Å². The molecule has 0 spiro atoms. The van der Waals surface area contributed by atoms with Gasteiger partial charge in [-0.3, -0.25) is 9.36 Å². The van der Waals surface area contributed by atoms with Crippen molar-refractivity contribution in [2.75, 3.05) is 6.61 Å². The molecule has 8 heteroatoms. The number of aromatic nitrogens is 2. The fourth-order valence-corrected chi connectivity index (χ4v) is 2.82. The molecule has 0 amide bonds. The van der Waals surface area contributed by atoms with Crippen molar-refractivity contribution in [2.45, 2.75) is 24.9 Å². The fourth-order valence-electron chi connectivity index (χ4n) is 2.82. The predicted octanol–water partition coefficient (Wildman–Crippen LogP) is 1.29. The normalized spacial score (nSPS) is 24.1. The van der Waals surface area contributed by atoms with Crippen molar-refractivity contribution < 1.29 is 23.4 Å². The largest absolute Gasteiger partial charge is 0.459 e. The van der Waals surface area contributed by atoms with E-state index < -0.39 is 35.8 Å². The summed E-state index contributed by atoms with van der Waals surface area (Å²) < 4.78 is 31.3. The van der Waals surface area contributed by atoms with Gasteiger partial charge in [0.05, 0.1) is 11.8 Å². The third-order valence-electron chi connectivity index (χ3n) is 4.01. The van der Waals surface area contributed by atoms with Crippen LogP contribution in [0.25, 0.3) is 0 Å². The summed E-state index contributed by atoms with van der Waals surface area (Å²) in [7, 11) is 0. The molecule has 124 valence electrons. The van der Waals surface area contributed by atoms with Crippen LogP contribution in [-0.2, 0) is 9.47 Å². The highest BCUT2D eigenvalue weighted by Gasteiger charge is 2.44. The molecule has 0 N–H and O–H groups in total. The van der Waals surface area contributed by atoms with Gasteiger partial charge >= 0.3 is 17.5 Å². The lowest BCUT2D eigenvalue weighted by molar-refractivity contribution is -0.0352. The number of esters is 1. The Hall–Kier alpha value is -2.74. The van der Waals surface area contributed by atoms with E-state index in [1.807, 2.05) is 0 Å². The Kier molecular flexibility index (Phi) is 3.53. The van der Waals surface area contributed by atoms with E-state index in [-0.39, 0.29) is 12.6 Å². The van der Waals surface area contributed by atoms with E-state index in [9.17, 15) is 14.0 Å². The van der Waals surface area contributed by atoms with E-state index in [4.69, 9.17) is 14.2 Å². The predicted molar refractivity (Wildman–Crippen MR) is 78.1 cm³/mol. The van der Waals surface area contributed by atoms with Gasteiger partial charge < -0.3 is 14.2 Å². The molecule has 0 aliphatic carbocycles. The monoisotopic (exact) mass is 332 g/mol. The van der Waals surface area contributed by atoms with E-state index in [2.05, 4.69) is 4.98 Å². The quantitative estimate of drug-likeness (QED) is 0.788. The second-order valence-corrected chi connectivity index (χ2v) is 5.57. The van der Waals surface area contributed by atoms with Crippen molar-refractivity contribution in [3.05, 3.63) is 58.3 Å². The molecular formula is C16H13FN2O5. The van der Waals surface area contributed by atoms with Gasteiger partial charge in [-0.2, -0.15) is 9.37 Å². The average Bonchev–Trinajstić information content (AvgIpc) is 2.93. The van der Waals surface area contributed by atoms with Gasteiger partial charge in [0.1, 0.15) is 25.0 Å². The van der Waals surface area contributed by atoms with Crippen LogP contribution >= 0.6 is 0 Å². The van der Waals surface area contributed by atoms with Crippen molar-refractivity contribution in [3.63, 3.8) is 0 Å². The number of ether oxygens (including phenoxy) is 3.